The zero-order valence-electron chi connectivity index (χ0n) is 11.7. The van der Waals surface area contributed by atoms with Crippen molar-refractivity contribution in [1.29, 1.82) is 5.26 Å². The third-order valence-electron chi connectivity index (χ3n) is 3.81. The van der Waals surface area contributed by atoms with Gasteiger partial charge in [-0.2, -0.15) is 9.57 Å². The van der Waals surface area contributed by atoms with Crippen LogP contribution in [0.2, 0.25) is 0 Å². The standard InChI is InChI=1S/C14H19N3O2S/c1-10-4-3-5-11(2)17(10)20(18,19)14-7-6-12(9-15)8-13(14)16/h6-8,10-11H,3-5,16H2,1-2H3. The van der Waals surface area contributed by atoms with Crippen molar-refractivity contribution in [1.82, 2.24) is 4.31 Å². The maximum atomic E-state index is 12.8. The van der Waals surface area contributed by atoms with Crippen molar-refractivity contribution in [3.8, 4) is 6.07 Å². The van der Waals surface area contributed by atoms with Gasteiger partial charge in [-0.05, 0) is 44.9 Å². The molecule has 2 atom stereocenters. The Balaban J connectivity index is 2.47. The fourth-order valence-electron chi connectivity index (χ4n) is 2.84. The van der Waals surface area contributed by atoms with E-state index < -0.39 is 10.0 Å². The summed E-state index contributed by atoms with van der Waals surface area (Å²) in [5.74, 6) is 0. The maximum absolute atomic E-state index is 12.8. The quantitative estimate of drug-likeness (QED) is 0.846. The number of nitrogen functional groups attached to an aromatic ring is 1. The van der Waals surface area contributed by atoms with Gasteiger partial charge in [0.2, 0.25) is 10.0 Å². The van der Waals surface area contributed by atoms with Crippen molar-refractivity contribution in [2.45, 2.75) is 50.1 Å². The molecular formula is C14H19N3O2S. The number of piperidine rings is 1. The number of anilines is 1. The molecule has 1 aliphatic heterocycles. The van der Waals surface area contributed by atoms with E-state index in [1.165, 1.54) is 18.2 Å². The van der Waals surface area contributed by atoms with E-state index in [-0.39, 0.29) is 22.7 Å². The van der Waals surface area contributed by atoms with E-state index in [9.17, 15) is 8.42 Å². The molecule has 1 heterocycles. The Bertz CT molecular complexity index is 639. The first-order valence-electron chi connectivity index (χ1n) is 6.71. The Hall–Kier alpha value is -1.58. The van der Waals surface area contributed by atoms with E-state index >= 15 is 0 Å². The molecule has 2 N–H and O–H groups in total. The normalized spacial score (nSPS) is 24.2. The third kappa shape index (κ3) is 2.51. The van der Waals surface area contributed by atoms with Gasteiger partial charge in [-0.3, -0.25) is 0 Å². The summed E-state index contributed by atoms with van der Waals surface area (Å²) in [4.78, 5) is 0.0945. The SMILES string of the molecule is CC1CCCC(C)N1S(=O)(=O)c1ccc(C#N)cc1N. The number of nitrogens with zero attached hydrogens (tertiary/aromatic N) is 2. The van der Waals surface area contributed by atoms with Gasteiger partial charge in [-0.1, -0.05) is 6.42 Å². The van der Waals surface area contributed by atoms with Crippen LogP contribution in [-0.2, 0) is 10.0 Å². The average molecular weight is 293 g/mol. The minimum absolute atomic E-state index is 0.0289. The highest BCUT2D eigenvalue weighted by molar-refractivity contribution is 7.89. The minimum atomic E-state index is -3.62. The number of nitrogens with two attached hydrogens (primary N) is 1. The highest BCUT2D eigenvalue weighted by Gasteiger charge is 2.36. The van der Waals surface area contributed by atoms with Crippen LogP contribution in [0.3, 0.4) is 0 Å². The van der Waals surface area contributed by atoms with Crippen LogP contribution in [0.15, 0.2) is 23.1 Å². The topological polar surface area (TPSA) is 87.2 Å². The third-order valence-corrected chi connectivity index (χ3v) is 6.01. The van der Waals surface area contributed by atoms with Gasteiger partial charge in [0.1, 0.15) is 4.90 Å². The Morgan fingerprint density at radius 1 is 1.30 bits per heavy atom. The zero-order valence-corrected chi connectivity index (χ0v) is 12.5. The van der Waals surface area contributed by atoms with Gasteiger partial charge in [0.05, 0.1) is 17.3 Å². The Morgan fingerprint density at radius 2 is 1.90 bits per heavy atom. The van der Waals surface area contributed by atoms with Crippen LogP contribution in [-0.4, -0.2) is 24.8 Å². The smallest absolute Gasteiger partial charge is 0.245 e. The van der Waals surface area contributed by atoms with Gasteiger partial charge in [-0.15, -0.1) is 0 Å². The van der Waals surface area contributed by atoms with Crippen LogP contribution in [0.4, 0.5) is 5.69 Å². The number of sulfonamides is 1. The monoisotopic (exact) mass is 293 g/mol. The van der Waals surface area contributed by atoms with Crippen molar-refractivity contribution in [3.05, 3.63) is 23.8 Å². The van der Waals surface area contributed by atoms with Crippen LogP contribution in [0.5, 0.6) is 0 Å². The van der Waals surface area contributed by atoms with Gasteiger partial charge in [0, 0.05) is 12.1 Å². The van der Waals surface area contributed by atoms with Gasteiger partial charge < -0.3 is 5.73 Å². The summed E-state index contributed by atoms with van der Waals surface area (Å²) in [5.41, 5.74) is 6.32. The molecule has 20 heavy (non-hydrogen) atoms. The second-order valence-electron chi connectivity index (χ2n) is 5.33. The largest absolute Gasteiger partial charge is 0.398 e. The van der Waals surface area contributed by atoms with E-state index in [4.69, 9.17) is 11.0 Å². The highest BCUT2D eigenvalue weighted by Crippen LogP contribution is 2.31. The van der Waals surface area contributed by atoms with E-state index in [0.717, 1.165) is 19.3 Å². The summed E-state index contributed by atoms with van der Waals surface area (Å²) >= 11 is 0. The summed E-state index contributed by atoms with van der Waals surface area (Å²) in [6, 6.07) is 6.22. The molecular weight excluding hydrogens is 274 g/mol. The first-order chi connectivity index (χ1) is 9.37. The molecule has 1 aromatic carbocycles. The van der Waals surface area contributed by atoms with Gasteiger partial charge in [-0.25, -0.2) is 8.42 Å². The Morgan fingerprint density at radius 3 is 2.40 bits per heavy atom. The lowest BCUT2D eigenvalue weighted by Crippen LogP contribution is -2.47. The lowest BCUT2D eigenvalue weighted by atomic mass is 10.0. The fraction of sp³-hybridized carbons (Fsp3) is 0.500. The second kappa shape index (κ2) is 5.43. The fourth-order valence-corrected chi connectivity index (χ4v) is 4.82. The highest BCUT2D eigenvalue weighted by atomic mass is 32.2. The molecule has 1 aromatic rings. The molecule has 0 radical (unpaired) electrons. The summed E-state index contributed by atoms with van der Waals surface area (Å²) in [6.45, 7) is 3.85. The van der Waals surface area contributed by atoms with Gasteiger partial charge >= 0.3 is 0 Å². The van der Waals surface area contributed by atoms with E-state index in [2.05, 4.69) is 0 Å². The van der Waals surface area contributed by atoms with Crippen LogP contribution in [0.1, 0.15) is 38.7 Å². The maximum Gasteiger partial charge on any atom is 0.245 e. The van der Waals surface area contributed by atoms with Crippen LogP contribution in [0, 0.1) is 11.3 Å². The molecule has 6 heteroatoms. The van der Waals surface area contributed by atoms with E-state index in [1.54, 1.807) is 4.31 Å². The van der Waals surface area contributed by atoms with Crippen LogP contribution >= 0.6 is 0 Å². The van der Waals surface area contributed by atoms with E-state index in [1.807, 2.05) is 19.9 Å². The molecule has 5 nitrogen and oxygen atoms in total. The molecule has 1 saturated heterocycles. The number of hydrogen-bond donors (Lipinski definition) is 1. The summed E-state index contributed by atoms with van der Waals surface area (Å²) in [6.07, 6.45) is 2.76. The molecule has 1 aliphatic rings. The van der Waals surface area contributed by atoms with Crippen molar-refractivity contribution in [2.75, 3.05) is 5.73 Å². The first kappa shape index (κ1) is 14.8. The molecule has 0 aromatic heterocycles. The van der Waals surface area contributed by atoms with Crippen molar-refractivity contribution < 1.29 is 8.42 Å². The second-order valence-corrected chi connectivity index (χ2v) is 7.14. The molecule has 0 aliphatic carbocycles. The van der Waals surface area contributed by atoms with Gasteiger partial charge in [0.15, 0.2) is 0 Å². The Labute approximate surface area is 120 Å². The van der Waals surface area contributed by atoms with E-state index in [0.29, 0.717) is 5.56 Å². The molecule has 2 unspecified atom stereocenters. The molecule has 1 fully saturated rings. The molecule has 0 saturated carbocycles. The molecule has 108 valence electrons. The molecule has 2 rings (SSSR count). The predicted molar refractivity (Wildman–Crippen MR) is 77.4 cm³/mol. The average Bonchev–Trinajstić information content (AvgIpc) is 2.37. The van der Waals surface area contributed by atoms with Crippen molar-refractivity contribution in [3.63, 3.8) is 0 Å². The zero-order chi connectivity index (χ0) is 14.9. The van der Waals surface area contributed by atoms with Crippen molar-refractivity contribution in [2.24, 2.45) is 0 Å². The number of nitriles is 1. The van der Waals surface area contributed by atoms with Gasteiger partial charge in [0.25, 0.3) is 0 Å². The summed E-state index contributed by atoms with van der Waals surface area (Å²) < 4.78 is 27.1. The first-order valence-corrected chi connectivity index (χ1v) is 8.15. The van der Waals surface area contributed by atoms with Crippen molar-refractivity contribution >= 4 is 15.7 Å². The molecule has 0 bridgehead atoms. The number of benzene rings is 1. The Kier molecular flexibility index (Phi) is 4.02. The minimum Gasteiger partial charge on any atom is -0.398 e. The van der Waals surface area contributed by atoms with Crippen LogP contribution in [0.25, 0.3) is 0 Å². The summed E-state index contributed by atoms with van der Waals surface area (Å²) in [7, 11) is -3.62. The predicted octanol–water partition coefficient (Wildman–Crippen LogP) is 2.09. The summed E-state index contributed by atoms with van der Waals surface area (Å²) in [5, 5.41) is 8.82. The molecule has 0 spiro atoms. The lowest BCUT2D eigenvalue weighted by Gasteiger charge is -2.37. The number of rotatable bonds is 2. The van der Waals surface area contributed by atoms with Crippen LogP contribution < -0.4 is 5.73 Å². The number of hydrogen-bond acceptors (Lipinski definition) is 4. The lowest BCUT2D eigenvalue weighted by molar-refractivity contribution is 0.204. The molecule has 0 amide bonds.